The molecular weight excluding hydrogens is 790 g/mol. The van der Waals surface area contributed by atoms with Gasteiger partial charge >= 0.3 is 5.97 Å². The Morgan fingerprint density at radius 2 is 1.58 bits per heavy atom. The molecule has 14 heteroatoms. The van der Waals surface area contributed by atoms with Gasteiger partial charge in [0.1, 0.15) is 17.4 Å². The van der Waals surface area contributed by atoms with Crippen LogP contribution >= 0.6 is 23.4 Å². The molecule has 0 spiro atoms. The van der Waals surface area contributed by atoms with Gasteiger partial charge in [-0.3, -0.25) is 23.7 Å². The minimum Gasteiger partial charge on any atom is -0.497 e. The Labute approximate surface area is 350 Å². The van der Waals surface area contributed by atoms with Crippen molar-refractivity contribution >= 4 is 69.4 Å². The van der Waals surface area contributed by atoms with Gasteiger partial charge in [0.15, 0.2) is 0 Å². The van der Waals surface area contributed by atoms with Gasteiger partial charge in [0.05, 0.1) is 37.8 Å². The normalized spacial score (nSPS) is 11.4. The average molecular weight is 830 g/mol. The van der Waals surface area contributed by atoms with Crippen LogP contribution in [0.3, 0.4) is 0 Å². The van der Waals surface area contributed by atoms with Gasteiger partial charge in [-0.1, -0.05) is 60.1 Å². The highest BCUT2D eigenvalue weighted by Gasteiger charge is 2.24. The van der Waals surface area contributed by atoms with Crippen LogP contribution in [0.4, 0.5) is 5.82 Å². The fraction of sp³-hybridized carbons (Fsp3) is 0.178. The summed E-state index contributed by atoms with van der Waals surface area (Å²) >= 11 is 7.03. The van der Waals surface area contributed by atoms with Crippen LogP contribution in [-0.4, -0.2) is 62.5 Å². The van der Waals surface area contributed by atoms with E-state index in [0.29, 0.717) is 78.0 Å². The summed E-state index contributed by atoms with van der Waals surface area (Å²) in [6.45, 7) is 5.03. The molecule has 2 heterocycles. The Morgan fingerprint density at radius 1 is 0.898 bits per heavy atom. The third kappa shape index (κ3) is 10.1. The van der Waals surface area contributed by atoms with Gasteiger partial charge in [0.2, 0.25) is 17.4 Å². The number of anilines is 1. The molecule has 4 aromatic carbocycles. The van der Waals surface area contributed by atoms with Crippen LogP contribution in [-0.2, 0) is 27.3 Å². The minimum atomic E-state index is -0.515. The zero-order valence-corrected chi connectivity index (χ0v) is 34.3. The van der Waals surface area contributed by atoms with E-state index in [1.165, 1.54) is 18.2 Å². The van der Waals surface area contributed by atoms with Crippen molar-refractivity contribution in [2.75, 3.05) is 19.0 Å². The first-order chi connectivity index (χ1) is 28.5. The maximum atomic E-state index is 13.9. The van der Waals surface area contributed by atoms with Crippen LogP contribution < -0.4 is 10.1 Å². The Kier molecular flexibility index (Phi) is 13.7. The van der Waals surface area contributed by atoms with E-state index in [9.17, 15) is 24.0 Å². The molecule has 59 heavy (non-hydrogen) atoms. The first kappa shape index (κ1) is 42.0. The van der Waals surface area contributed by atoms with E-state index in [0.717, 1.165) is 11.8 Å². The maximum absolute atomic E-state index is 13.9. The van der Waals surface area contributed by atoms with Crippen molar-refractivity contribution in [1.29, 1.82) is 0 Å². The summed E-state index contributed by atoms with van der Waals surface area (Å²) in [5.41, 5.74) is 3.90. The van der Waals surface area contributed by atoms with Crippen molar-refractivity contribution < 1.29 is 33.4 Å². The third-order valence-electron chi connectivity index (χ3n) is 9.52. The van der Waals surface area contributed by atoms with Gasteiger partial charge < -0.3 is 19.7 Å². The van der Waals surface area contributed by atoms with E-state index < -0.39 is 11.9 Å². The van der Waals surface area contributed by atoms with Gasteiger partial charge in [-0.2, -0.15) is 0 Å². The number of benzene rings is 4. The second-order valence-electron chi connectivity index (χ2n) is 13.4. The van der Waals surface area contributed by atoms with Gasteiger partial charge in [-0.05, 0) is 92.7 Å². The van der Waals surface area contributed by atoms with Crippen molar-refractivity contribution in [1.82, 2.24) is 19.4 Å². The lowest BCUT2D eigenvalue weighted by atomic mass is 10.1. The topological polar surface area (TPSA) is 150 Å². The molecule has 0 fully saturated rings. The Balaban J connectivity index is 1.26. The molecule has 0 unspecified atom stereocenters. The lowest BCUT2D eigenvalue weighted by Crippen LogP contribution is -2.24. The molecule has 0 saturated carbocycles. The van der Waals surface area contributed by atoms with E-state index in [1.807, 2.05) is 0 Å². The van der Waals surface area contributed by atoms with Crippen LogP contribution in [0.2, 0.25) is 5.02 Å². The quantitative estimate of drug-likeness (QED) is 0.0788. The monoisotopic (exact) mass is 829 g/mol. The number of fused-ring (bicyclic) bond motifs is 1. The van der Waals surface area contributed by atoms with Crippen LogP contribution in [0.15, 0.2) is 120 Å². The average Bonchev–Trinajstić information content (AvgIpc) is 3.52. The smallest absolute Gasteiger partial charge is 0.338 e. The summed E-state index contributed by atoms with van der Waals surface area (Å²) in [5.74, 6) is -0.112. The zero-order valence-electron chi connectivity index (χ0n) is 32.7. The molecule has 0 aliphatic heterocycles. The largest absolute Gasteiger partial charge is 0.497 e. The molecule has 6 aromatic rings. The number of methoxy groups -OCH3 is 1. The fourth-order valence-electron chi connectivity index (χ4n) is 6.37. The first-order valence-corrected chi connectivity index (χ1v) is 19.7. The summed E-state index contributed by atoms with van der Waals surface area (Å²) in [7, 11) is 1.54. The number of hydrogen-bond acceptors (Lipinski definition) is 10. The second kappa shape index (κ2) is 19.2. The number of nitrogens with one attached hydrogen (secondary N) is 1. The number of allylic oxidation sites excluding steroid dienone is 1. The molecule has 12 nitrogen and oxygen atoms in total. The Morgan fingerprint density at radius 3 is 2.24 bits per heavy atom. The highest BCUT2D eigenvalue weighted by molar-refractivity contribution is 8.17. The number of halogens is 1. The maximum Gasteiger partial charge on any atom is 0.338 e. The van der Waals surface area contributed by atoms with Crippen molar-refractivity contribution in [2.45, 2.75) is 40.2 Å². The summed E-state index contributed by atoms with van der Waals surface area (Å²) < 4.78 is 12.6. The van der Waals surface area contributed by atoms with Gasteiger partial charge in [-0.25, -0.2) is 14.8 Å². The minimum absolute atomic E-state index is 0.0515. The summed E-state index contributed by atoms with van der Waals surface area (Å²) in [6.07, 6.45) is 2.16. The number of thioether (sulfide) groups is 1. The molecule has 1 N–H and O–H groups in total. The zero-order chi connectivity index (χ0) is 42.1. The van der Waals surface area contributed by atoms with Crippen LogP contribution in [0, 0.1) is 13.8 Å². The molecule has 0 aliphatic carbocycles. The number of amides is 2. The highest BCUT2D eigenvalue weighted by Crippen LogP contribution is 2.32. The third-order valence-corrected chi connectivity index (χ3v) is 10.9. The van der Waals surface area contributed by atoms with Crippen molar-refractivity contribution in [3.8, 4) is 5.75 Å². The standard InChI is InChI=1S/C45H40ClN5O7S/c1-28-37(38-23-36(57-4)19-20-39(38)51(28)43(54)31-15-17-35(46)18-16-31)24-41(53)49-42-34(25-47-30(3)48-42)26-50(27-52)29(2)40(59-45(56)33-13-9-6-10-14-33)21-22-58-44(55)32-11-7-5-8-12-32/h5-20,23,25,27H,21-22,24,26H2,1-4H3,(H,47,48,49,53)/b40-29-. The van der Waals surface area contributed by atoms with Crippen LogP contribution in [0.1, 0.15) is 67.1 Å². The number of esters is 1. The van der Waals surface area contributed by atoms with Gasteiger partial charge in [-0.15, -0.1) is 0 Å². The van der Waals surface area contributed by atoms with Gasteiger partial charge in [0.25, 0.3) is 5.91 Å². The van der Waals surface area contributed by atoms with Crippen LogP contribution in [0.5, 0.6) is 5.75 Å². The molecule has 0 saturated heterocycles. The molecule has 0 radical (unpaired) electrons. The summed E-state index contributed by atoms with van der Waals surface area (Å²) in [6, 6.07) is 29.2. The second-order valence-corrected chi connectivity index (χ2v) is 14.9. The van der Waals surface area contributed by atoms with Crippen molar-refractivity contribution in [2.24, 2.45) is 0 Å². The molecule has 300 valence electrons. The van der Waals surface area contributed by atoms with E-state index >= 15 is 0 Å². The summed E-state index contributed by atoms with van der Waals surface area (Å²) in [4.78, 5) is 77.3. The van der Waals surface area contributed by atoms with Crippen LogP contribution in [0.25, 0.3) is 10.9 Å². The Hall–Kier alpha value is -6.57. The molecular formula is C45H40ClN5O7S. The number of aryl methyl sites for hydroxylation is 1. The molecule has 6 rings (SSSR count). The predicted octanol–water partition coefficient (Wildman–Crippen LogP) is 8.59. The summed E-state index contributed by atoms with van der Waals surface area (Å²) in [5, 5.41) is 3.81. The number of carbonyl (C=O) groups excluding carboxylic acids is 5. The number of ether oxygens (including phenoxy) is 2. The van der Waals surface area contributed by atoms with Crippen molar-refractivity contribution in [3.63, 3.8) is 0 Å². The predicted molar refractivity (Wildman–Crippen MR) is 228 cm³/mol. The van der Waals surface area contributed by atoms with Crippen molar-refractivity contribution in [3.05, 3.63) is 164 Å². The molecule has 2 aromatic heterocycles. The Bertz CT molecular complexity index is 2560. The fourth-order valence-corrected chi connectivity index (χ4v) is 7.43. The lowest BCUT2D eigenvalue weighted by Gasteiger charge is -2.23. The van der Waals surface area contributed by atoms with E-state index in [-0.39, 0.29) is 42.8 Å². The number of carbonyl (C=O) groups is 5. The first-order valence-electron chi connectivity index (χ1n) is 18.5. The molecule has 0 bridgehead atoms. The highest BCUT2D eigenvalue weighted by atomic mass is 35.5. The molecule has 2 amide bonds. The molecule has 0 aliphatic rings. The lowest BCUT2D eigenvalue weighted by molar-refractivity contribution is -0.117. The number of aromatic nitrogens is 3. The van der Waals surface area contributed by atoms with E-state index in [1.54, 1.807) is 128 Å². The van der Waals surface area contributed by atoms with E-state index in [4.69, 9.17) is 21.1 Å². The van der Waals surface area contributed by atoms with E-state index in [2.05, 4.69) is 15.3 Å². The number of rotatable bonds is 15. The van der Waals surface area contributed by atoms with Gasteiger partial charge in [0, 0.05) is 56.0 Å². The number of hydrogen-bond donors (Lipinski definition) is 1. The molecule has 0 atom stereocenters. The number of nitrogens with zero attached hydrogens (tertiary/aromatic N) is 4. The SMILES string of the molecule is COc1ccc2c(c1)c(CC(=O)Nc1nc(C)ncc1CN(C=O)/C(C)=C(/CCOC(=O)c1ccccc1)SC(=O)c1ccccc1)c(C)n2C(=O)c1ccc(Cl)cc1.